The topological polar surface area (TPSA) is 78.9 Å². The lowest BCUT2D eigenvalue weighted by molar-refractivity contribution is 0.0754. The summed E-state index contributed by atoms with van der Waals surface area (Å²) in [5.41, 5.74) is 7.31. The molecule has 0 bridgehead atoms. The molecular weight excluding hydrogens is 242 g/mol. The number of carbonyl (C=O) groups excluding carboxylic acids is 1. The maximum absolute atomic E-state index is 12.3. The van der Waals surface area contributed by atoms with Crippen molar-refractivity contribution in [3.63, 3.8) is 0 Å². The van der Waals surface area contributed by atoms with Crippen LogP contribution in [-0.2, 0) is 0 Å². The molecule has 19 heavy (non-hydrogen) atoms. The van der Waals surface area contributed by atoms with Crippen LogP contribution >= 0.6 is 0 Å². The van der Waals surface area contributed by atoms with Gasteiger partial charge >= 0.3 is 0 Å². The molecule has 0 spiro atoms. The zero-order chi connectivity index (χ0) is 14.4. The SMILES string of the molecule is CCN(CC(C)/C(N)=N/O)C(=O)c1ccc(C)cc1. The smallest absolute Gasteiger partial charge is 0.253 e. The summed E-state index contributed by atoms with van der Waals surface area (Å²) in [5.74, 6) is -0.0883. The number of aryl methyl sites for hydroxylation is 1. The third-order valence-corrected chi connectivity index (χ3v) is 3.08. The monoisotopic (exact) mass is 263 g/mol. The fourth-order valence-electron chi connectivity index (χ4n) is 1.76. The van der Waals surface area contributed by atoms with Crippen LogP contribution in [0.1, 0.15) is 29.8 Å². The fourth-order valence-corrected chi connectivity index (χ4v) is 1.76. The first-order valence-corrected chi connectivity index (χ1v) is 6.33. The Kier molecular flexibility index (Phi) is 5.36. The van der Waals surface area contributed by atoms with Gasteiger partial charge in [0.1, 0.15) is 5.84 Å². The Morgan fingerprint density at radius 2 is 2.00 bits per heavy atom. The van der Waals surface area contributed by atoms with E-state index in [-0.39, 0.29) is 17.7 Å². The van der Waals surface area contributed by atoms with Gasteiger partial charge in [0.25, 0.3) is 5.91 Å². The van der Waals surface area contributed by atoms with Crippen molar-refractivity contribution in [2.24, 2.45) is 16.8 Å². The summed E-state index contributed by atoms with van der Waals surface area (Å²) in [5, 5.41) is 11.6. The van der Waals surface area contributed by atoms with Crippen molar-refractivity contribution in [1.82, 2.24) is 4.90 Å². The highest BCUT2D eigenvalue weighted by molar-refractivity contribution is 5.94. The van der Waals surface area contributed by atoms with Crippen LogP contribution in [0.2, 0.25) is 0 Å². The molecule has 1 aromatic rings. The van der Waals surface area contributed by atoms with Gasteiger partial charge in [0.15, 0.2) is 0 Å². The number of amides is 1. The van der Waals surface area contributed by atoms with E-state index in [9.17, 15) is 4.79 Å². The highest BCUT2D eigenvalue weighted by Crippen LogP contribution is 2.09. The molecule has 0 aliphatic heterocycles. The van der Waals surface area contributed by atoms with E-state index in [1.165, 1.54) is 0 Å². The third kappa shape index (κ3) is 3.98. The van der Waals surface area contributed by atoms with E-state index >= 15 is 0 Å². The molecule has 0 saturated carbocycles. The van der Waals surface area contributed by atoms with E-state index in [4.69, 9.17) is 10.9 Å². The lowest BCUT2D eigenvalue weighted by Crippen LogP contribution is -2.38. The Labute approximate surface area is 113 Å². The predicted molar refractivity (Wildman–Crippen MR) is 75.3 cm³/mol. The molecule has 0 aliphatic carbocycles. The minimum Gasteiger partial charge on any atom is -0.409 e. The van der Waals surface area contributed by atoms with Crippen LogP contribution in [0.3, 0.4) is 0 Å². The van der Waals surface area contributed by atoms with Crippen molar-refractivity contribution in [3.05, 3.63) is 35.4 Å². The van der Waals surface area contributed by atoms with E-state index < -0.39 is 0 Å². The van der Waals surface area contributed by atoms with E-state index in [0.29, 0.717) is 18.7 Å². The summed E-state index contributed by atoms with van der Waals surface area (Å²) in [6.07, 6.45) is 0. The molecule has 0 saturated heterocycles. The zero-order valence-electron chi connectivity index (χ0n) is 11.6. The minimum atomic E-state index is -0.181. The second-order valence-corrected chi connectivity index (χ2v) is 4.64. The standard InChI is InChI=1S/C14H21N3O2/c1-4-17(9-11(3)13(15)16-19)14(18)12-7-5-10(2)6-8-12/h5-8,11,19H,4,9H2,1-3H3,(H2,15,16). The van der Waals surface area contributed by atoms with Gasteiger partial charge in [-0.05, 0) is 26.0 Å². The molecule has 0 aromatic heterocycles. The number of oxime groups is 1. The van der Waals surface area contributed by atoms with E-state index in [1.807, 2.05) is 45.0 Å². The average molecular weight is 263 g/mol. The van der Waals surface area contributed by atoms with Crippen LogP contribution in [0.25, 0.3) is 0 Å². The maximum atomic E-state index is 12.3. The van der Waals surface area contributed by atoms with Gasteiger partial charge in [-0.1, -0.05) is 29.8 Å². The van der Waals surface area contributed by atoms with Crippen molar-refractivity contribution in [1.29, 1.82) is 0 Å². The van der Waals surface area contributed by atoms with Crippen LogP contribution < -0.4 is 5.73 Å². The molecule has 1 unspecified atom stereocenters. The predicted octanol–water partition coefficient (Wildman–Crippen LogP) is 1.84. The Bertz CT molecular complexity index is 454. The molecule has 5 nitrogen and oxygen atoms in total. The molecule has 0 aliphatic rings. The summed E-state index contributed by atoms with van der Waals surface area (Å²) >= 11 is 0. The molecular formula is C14H21N3O2. The molecule has 0 fully saturated rings. The minimum absolute atomic E-state index is 0.0416. The van der Waals surface area contributed by atoms with Crippen LogP contribution in [-0.4, -0.2) is 34.9 Å². The summed E-state index contributed by atoms with van der Waals surface area (Å²) in [4.78, 5) is 14.0. The lowest BCUT2D eigenvalue weighted by atomic mass is 10.1. The number of hydrogen-bond acceptors (Lipinski definition) is 3. The molecule has 5 heteroatoms. The maximum Gasteiger partial charge on any atom is 0.253 e. The third-order valence-electron chi connectivity index (χ3n) is 3.08. The zero-order valence-corrected chi connectivity index (χ0v) is 11.6. The summed E-state index contributed by atoms with van der Waals surface area (Å²) in [6.45, 7) is 6.71. The van der Waals surface area contributed by atoms with Crippen molar-refractivity contribution >= 4 is 11.7 Å². The molecule has 1 aromatic carbocycles. The summed E-state index contributed by atoms with van der Waals surface area (Å²) in [6, 6.07) is 7.45. The highest BCUT2D eigenvalue weighted by Gasteiger charge is 2.18. The molecule has 1 atom stereocenters. The Morgan fingerprint density at radius 1 is 1.42 bits per heavy atom. The Hall–Kier alpha value is -2.04. The molecule has 0 heterocycles. The fraction of sp³-hybridized carbons (Fsp3) is 0.429. The van der Waals surface area contributed by atoms with E-state index in [0.717, 1.165) is 5.56 Å². The van der Waals surface area contributed by atoms with Crippen molar-refractivity contribution in [3.8, 4) is 0 Å². The number of hydrogen-bond donors (Lipinski definition) is 2. The molecule has 3 N–H and O–H groups in total. The van der Waals surface area contributed by atoms with Gasteiger partial charge in [0, 0.05) is 24.6 Å². The molecule has 1 amide bonds. The first kappa shape index (κ1) is 15.0. The lowest BCUT2D eigenvalue weighted by Gasteiger charge is -2.24. The van der Waals surface area contributed by atoms with E-state index in [1.54, 1.807) is 4.90 Å². The number of amidine groups is 1. The van der Waals surface area contributed by atoms with Gasteiger partial charge in [-0.25, -0.2) is 0 Å². The van der Waals surface area contributed by atoms with Crippen LogP contribution in [0.5, 0.6) is 0 Å². The molecule has 0 radical (unpaired) electrons. The Balaban J connectivity index is 2.80. The average Bonchev–Trinajstić information content (AvgIpc) is 2.43. The number of carbonyl (C=O) groups is 1. The van der Waals surface area contributed by atoms with Gasteiger partial charge in [0.2, 0.25) is 0 Å². The summed E-state index contributed by atoms with van der Waals surface area (Å²) in [7, 11) is 0. The molecule has 1 rings (SSSR count). The number of rotatable bonds is 5. The number of benzene rings is 1. The first-order valence-electron chi connectivity index (χ1n) is 6.33. The highest BCUT2D eigenvalue weighted by atomic mass is 16.4. The van der Waals surface area contributed by atoms with Gasteiger partial charge in [-0.15, -0.1) is 0 Å². The van der Waals surface area contributed by atoms with Gasteiger partial charge in [0.05, 0.1) is 0 Å². The van der Waals surface area contributed by atoms with Crippen LogP contribution in [0, 0.1) is 12.8 Å². The molecule has 104 valence electrons. The second-order valence-electron chi connectivity index (χ2n) is 4.64. The quantitative estimate of drug-likeness (QED) is 0.368. The first-order chi connectivity index (χ1) is 8.99. The van der Waals surface area contributed by atoms with Crippen molar-refractivity contribution in [2.45, 2.75) is 20.8 Å². The number of nitrogens with two attached hydrogens (primary N) is 1. The van der Waals surface area contributed by atoms with Crippen molar-refractivity contribution in [2.75, 3.05) is 13.1 Å². The van der Waals surface area contributed by atoms with Gasteiger partial charge in [-0.3, -0.25) is 4.79 Å². The van der Waals surface area contributed by atoms with Gasteiger partial charge in [-0.2, -0.15) is 0 Å². The normalized spacial score (nSPS) is 13.1. The largest absolute Gasteiger partial charge is 0.409 e. The van der Waals surface area contributed by atoms with Crippen molar-refractivity contribution < 1.29 is 10.0 Å². The summed E-state index contributed by atoms with van der Waals surface area (Å²) < 4.78 is 0. The van der Waals surface area contributed by atoms with Crippen LogP contribution in [0.15, 0.2) is 29.4 Å². The van der Waals surface area contributed by atoms with Crippen LogP contribution in [0.4, 0.5) is 0 Å². The number of nitrogens with zero attached hydrogens (tertiary/aromatic N) is 2. The second kappa shape index (κ2) is 6.78. The van der Waals surface area contributed by atoms with Gasteiger partial charge < -0.3 is 15.8 Å². The van der Waals surface area contributed by atoms with E-state index in [2.05, 4.69) is 5.16 Å². The Morgan fingerprint density at radius 3 is 2.47 bits per heavy atom.